The van der Waals surface area contributed by atoms with Crippen LogP contribution in [-0.2, 0) is 17.9 Å². The summed E-state index contributed by atoms with van der Waals surface area (Å²) in [7, 11) is 1.73. The van der Waals surface area contributed by atoms with Gasteiger partial charge in [0.15, 0.2) is 5.96 Å². The molecule has 3 aromatic rings. The summed E-state index contributed by atoms with van der Waals surface area (Å²) in [6.07, 6.45) is 2.20. The molecule has 8 heteroatoms. The lowest BCUT2D eigenvalue weighted by Crippen LogP contribution is -2.44. The molecule has 0 aliphatic carbocycles. The first-order valence-corrected chi connectivity index (χ1v) is 10.7. The van der Waals surface area contributed by atoms with Crippen molar-refractivity contribution in [2.45, 2.75) is 25.6 Å². The molecule has 2 aromatic carbocycles. The number of anilines is 1. The van der Waals surface area contributed by atoms with Crippen LogP contribution >= 0.6 is 24.0 Å². The van der Waals surface area contributed by atoms with E-state index in [0.29, 0.717) is 32.1 Å². The number of benzene rings is 2. The number of aliphatic imine (C=N–C) groups is 1. The van der Waals surface area contributed by atoms with Crippen LogP contribution in [0.5, 0.6) is 5.75 Å². The van der Waals surface area contributed by atoms with Gasteiger partial charge in [-0.3, -0.25) is 14.8 Å². The predicted molar refractivity (Wildman–Crippen MR) is 141 cm³/mol. The summed E-state index contributed by atoms with van der Waals surface area (Å²) in [4.78, 5) is 22.8. The maximum Gasteiger partial charge on any atom is 0.229 e. The fraction of sp³-hybridized carbons (Fsp3) is 0.240. The number of ether oxygens (including phenoxy) is 1. The molecule has 0 radical (unpaired) electrons. The highest BCUT2D eigenvalue weighted by atomic mass is 127. The van der Waals surface area contributed by atoms with Crippen LogP contribution in [-0.4, -0.2) is 36.5 Å². The van der Waals surface area contributed by atoms with Crippen LogP contribution in [0.15, 0.2) is 84.0 Å². The van der Waals surface area contributed by atoms with E-state index in [9.17, 15) is 4.79 Å². The highest BCUT2D eigenvalue weighted by Crippen LogP contribution is 2.21. The number of aromatic nitrogens is 1. The van der Waals surface area contributed by atoms with Crippen LogP contribution in [0, 0.1) is 0 Å². The van der Waals surface area contributed by atoms with Gasteiger partial charge in [-0.1, -0.05) is 36.4 Å². The standard InChI is InChI=1S/C25H27N5O2.HI/c1-26-25(29-21-15-24(31)30(17-21)22-10-3-2-4-11-22)28-16-19-8-7-12-23(14-19)32-18-20-9-5-6-13-27-20;/h2-14,21H,15-18H2,1H3,(H2,26,28,29);1H. The largest absolute Gasteiger partial charge is 0.487 e. The Balaban J connectivity index is 0.00000306. The smallest absolute Gasteiger partial charge is 0.229 e. The van der Waals surface area contributed by atoms with E-state index in [1.807, 2.05) is 77.7 Å². The number of nitrogens with one attached hydrogen (secondary N) is 2. The SMILES string of the molecule is CN=C(NCc1cccc(OCc2ccccn2)c1)NC1CC(=O)N(c2ccccc2)C1.I. The number of guanidine groups is 1. The molecule has 172 valence electrons. The van der Waals surface area contributed by atoms with Crippen molar-refractivity contribution in [3.05, 3.63) is 90.3 Å². The Morgan fingerprint density at radius 1 is 1.12 bits per heavy atom. The highest BCUT2D eigenvalue weighted by molar-refractivity contribution is 14.0. The average molecular weight is 557 g/mol. The molecule has 2 heterocycles. The van der Waals surface area contributed by atoms with Crippen LogP contribution < -0.4 is 20.3 Å². The lowest BCUT2D eigenvalue weighted by atomic mass is 10.2. The molecule has 0 saturated carbocycles. The number of carbonyl (C=O) groups is 1. The molecular weight excluding hydrogens is 529 g/mol. The van der Waals surface area contributed by atoms with Gasteiger partial charge in [0.05, 0.1) is 11.7 Å². The minimum absolute atomic E-state index is 0. The first-order chi connectivity index (χ1) is 15.7. The molecule has 1 atom stereocenters. The zero-order chi connectivity index (χ0) is 22.2. The number of carbonyl (C=O) groups excluding carboxylic acids is 1. The quantitative estimate of drug-likeness (QED) is 0.263. The number of para-hydroxylation sites is 1. The summed E-state index contributed by atoms with van der Waals surface area (Å²) in [6, 6.07) is 23.4. The first-order valence-electron chi connectivity index (χ1n) is 10.7. The van der Waals surface area contributed by atoms with Gasteiger partial charge in [-0.05, 0) is 42.0 Å². The Morgan fingerprint density at radius 2 is 1.94 bits per heavy atom. The first kappa shape index (κ1) is 24.5. The maximum absolute atomic E-state index is 12.4. The van der Waals surface area contributed by atoms with Gasteiger partial charge < -0.3 is 20.3 Å². The highest BCUT2D eigenvalue weighted by Gasteiger charge is 2.31. The third kappa shape index (κ3) is 6.92. The van der Waals surface area contributed by atoms with Crippen LogP contribution in [0.4, 0.5) is 5.69 Å². The zero-order valence-electron chi connectivity index (χ0n) is 18.5. The monoisotopic (exact) mass is 557 g/mol. The number of halogens is 1. The van der Waals surface area contributed by atoms with E-state index in [2.05, 4.69) is 20.6 Å². The lowest BCUT2D eigenvalue weighted by Gasteiger charge is -2.19. The summed E-state index contributed by atoms with van der Waals surface area (Å²) in [5.74, 6) is 1.57. The van der Waals surface area contributed by atoms with Gasteiger partial charge in [-0.15, -0.1) is 24.0 Å². The zero-order valence-corrected chi connectivity index (χ0v) is 20.8. The second-order valence-electron chi connectivity index (χ2n) is 7.57. The molecular formula is C25H28IN5O2. The summed E-state index contributed by atoms with van der Waals surface area (Å²) < 4.78 is 5.86. The van der Waals surface area contributed by atoms with Crippen LogP contribution in [0.3, 0.4) is 0 Å². The number of hydrogen-bond acceptors (Lipinski definition) is 4. The van der Waals surface area contributed by atoms with Crippen molar-refractivity contribution in [1.82, 2.24) is 15.6 Å². The fourth-order valence-electron chi connectivity index (χ4n) is 3.62. The Morgan fingerprint density at radius 3 is 2.70 bits per heavy atom. The molecule has 2 N–H and O–H groups in total. The van der Waals surface area contributed by atoms with E-state index in [1.54, 1.807) is 13.2 Å². The van der Waals surface area contributed by atoms with E-state index in [0.717, 1.165) is 22.7 Å². The van der Waals surface area contributed by atoms with Gasteiger partial charge in [-0.25, -0.2) is 0 Å². The van der Waals surface area contributed by atoms with E-state index in [4.69, 9.17) is 4.74 Å². The van der Waals surface area contributed by atoms with Gasteiger partial charge >= 0.3 is 0 Å². The number of rotatable bonds is 7. The minimum atomic E-state index is 0. The van der Waals surface area contributed by atoms with Gasteiger partial charge in [0, 0.05) is 38.4 Å². The molecule has 1 aromatic heterocycles. The lowest BCUT2D eigenvalue weighted by molar-refractivity contribution is -0.117. The normalized spacial score (nSPS) is 15.7. The molecule has 1 unspecified atom stereocenters. The molecule has 7 nitrogen and oxygen atoms in total. The second-order valence-corrected chi connectivity index (χ2v) is 7.57. The molecule has 1 saturated heterocycles. The van der Waals surface area contributed by atoms with Crippen molar-refractivity contribution in [1.29, 1.82) is 0 Å². The van der Waals surface area contributed by atoms with Crippen molar-refractivity contribution >= 4 is 41.5 Å². The van der Waals surface area contributed by atoms with E-state index in [-0.39, 0.29) is 35.9 Å². The maximum atomic E-state index is 12.4. The number of amides is 1. The minimum Gasteiger partial charge on any atom is -0.487 e. The molecule has 4 rings (SSSR count). The van der Waals surface area contributed by atoms with Crippen molar-refractivity contribution in [3.63, 3.8) is 0 Å². The number of nitrogens with zero attached hydrogens (tertiary/aromatic N) is 3. The Labute approximate surface area is 211 Å². The van der Waals surface area contributed by atoms with Crippen LogP contribution in [0.25, 0.3) is 0 Å². The summed E-state index contributed by atoms with van der Waals surface area (Å²) in [5, 5.41) is 6.69. The van der Waals surface area contributed by atoms with Gasteiger partial charge in [0.25, 0.3) is 0 Å². The average Bonchev–Trinajstić information content (AvgIpc) is 3.22. The molecule has 1 aliphatic rings. The molecule has 1 fully saturated rings. The predicted octanol–water partition coefficient (Wildman–Crippen LogP) is 3.75. The Hall–Kier alpha value is -3.14. The van der Waals surface area contributed by atoms with Gasteiger partial charge in [0.1, 0.15) is 12.4 Å². The fourth-order valence-corrected chi connectivity index (χ4v) is 3.62. The van der Waals surface area contributed by atoms with Crippen LogP contribution in [0.1, 0.15) is 17.7 Å². The van der Waals surface area contributed by atoms with Crippen molar-refractivity contribution in [2.75, 3.05) is 18.5 Å². The topological polar surface area (TPSA) is 78.9 Å². The van der Waals surface area contributed by atoms with Crippen molar-refractivity contribution < 1.29 is 9.53 Å². The summed E-state index contributed by atoms with van der Waals surface area (Å²) in [6.45, 7) is 1.62. The van der Waals surface area contributed by atoms with Gasteiger partial charge in [-0.2, -0.15) is 0 Å². The van der Waals surface area contributed by atoms with E-state index < -0.39 is 0 Å². The van der Waals surface area contributed by atoms with Crippen molar-refractivity contribution in [3.8, 4) is 5.75 Å². The molecule has 0 bridgehead atoms. The van der Waals surface area contributed by atoms with E-state index in [1.165, 1.54) is 0 Å². The summed E-state index contributed by atoms with van der Waals surface area (Å²) in [5.41, 5.74) is 2.88. The van der Waals surface area contributed by atoms with Gasteiger partial charge in [0.2, 0.25) is 5.91 Å². The third-order valence-electron chi connectivity index (χ3n) is 5.23. The third-order valence-corrected chi connectivity index (χ3v) is 5.23. The Bertz CT molecular complexity index is 1060. The van der Waals surface area contributed by atoms with Crippen LogP contribution in [0.2, 0.25) is 0 Å². The molecule has 1 aliphatic heterocycles. The summed E-state index contributed by atoms with van der Waals surface area (Å²) >= 11 is 0. The Kier molecular flexibility index (Phi) is 9.05. The second kappa shape index (κ2) is 12.2. The molecule has 33 heavy (non-hydrogen) atoms. The van der Waals surface area contributed by atoms with Crippen molar-refractivity contribution in [2.24, 2.45) is 4.99 Å². The van der Waals surface area contributed by atoms with E-state index >= 15 is 0 Å². The number of hydrogen-bond donors (Lipinski definition) is 2. The molecule has 0 spiro atoms. The molecule has 1 amide bonds. The number of pyridine rings is 1.